The molecule has 2 heterocycles. The van der Waals surface area contributed by atoms with E-state index in [0.717, 1.165) is 25.9 Å². The molecule has 0 fully saturated rings. The van der Waals surface area contributed by atoms with Gasteiger partial charge in [0.05, 0.1) is 19.5 Å². The second-order valence-corrected chi connectivity index (χ2v) is 6.75. The molecule has 0 saturated carbocycles. The summed E-state index contributed by atoms with van der Waals surface area (Å²) in [6.07, 6.45) is 14.6. The lowest BCUT2D eigenvalue weighted by Crippen LogP contribution is -2.56. The van der Waals surface area contributed by atoms with Crippen LogP contribution in [-0.2, 0) is 15.1 Å². The fourth-order valence-corrected chi connectivity index (χ4v) is 5.10. The summed E-state index contributed by atoms with van der Waals surface area (Å²) < 4.78 is 12.2. The number of ether oxygens (including phenoxy) is 2. The van der Waals surface area contributed by atoms with Gasteiger partial charge in [-0.2, -0.15) is 0 Å². The molecular weight excluding hydrogens is 272 g/mol. The average molecular weight is 292 g/mol. The van der Waals surface area contributed by atoms with Crippen LogP contribution in [0.25, 0.3) is 5.57 Å². The number of allylic oxidation sites excluding steroid dienone is 2. The van der Waals surface area contributed by atoms with Crippen LogP contribution in [0.5, 0.6) is 0 Å². The number of benzene rings is 1. The predicted molar refractivity (Wildman–Crippen MR) is 86.1 cm³/mol. The number of rotatable bonds is 0. The first-order valence-corrected chi connectivity index (χ1v) is 8.28. The van der Waals surface area contributed by atoms with Crippen LogP contribution >= 0.6 is 0 Å². The smallest absolute Gasteiger partial charge is 0.107 e. The highest BCUT2D eigenvalue weighted by Crippen LogP contribution is 2.65. The molecule has 2 aliphatic carbocycles. The minimum Gasteiger partial charge on any atom is -0.501 e. The molecular formula is C20H20O2. The van der Waals surface area contributed by atoms with E-state index in [0.29, 0.717) is 12.5 Å². The summed E-state index contributed by atoms with van der Waals surface area (Å²) in [5.74, 6) is 0.448. The Balaban J connectivity index is 1.89. The molecule has 0 radical (unpaired) electrons. The maximum atomic E-state index is 6.53. The van der Waals surface area contributed by atoms with Crippen LogP contribution in [0.2, 0.25) is 0 Å². The highest BCUT2D eigenvalue weighted by molar-refractivity contribution is 5.76. The lowest BCUT2D eigenvalue weighted by Gasteiger charge is -2.59. The highest BCUT2D eigenvalue weighted by atomic mass is 16.5. The molecule has 1 aromatic rings. The first-order chi connectivity index (χ1) is 10.9. The number of fused-ring (bicyclic) bond motifs is 3. The molecule has 112 valence electrons. The summed E-state index contributed by atoms with van der Waals surface area (Å²) in [7, 11) is 0. The molecule has 3 unspecified atom stereocenters. The van der Waals surface area contributed by atoms with Gasteiger partial charge in [-0.15, -0.1) is 0 Å². The Labute approximate surface area is 131 Å². The predicted octanol–water partition coefficient (Wildman–Crippen LogP) is 4.20. The second kappa shape index (κ2) is 4.36. The molecule has 5 rings (SSSR count). The summed E-state index contributed by atoms with van der Waals surface area (Å²) in [6, 6.07) is 8.77. The minimum absolute atomic E-state index is 0.0481. The van der Waals surface area contributed by atoms with Crippen LogP contribution in [-0.4, -0.2) is 13.2 Å². The summed E-state index contributed by atoms with van der Waals surface area (Å²) in [4.78, 5) is 0. The third kappa shape index (κ3) is 1.35. The Morgan fingerprint density at radius 2 is 2.00 bits per heavy atom. The zero-order chi connectivity index (χ0) is 14.6. The van der Waals surface area contributed by atoms with Crippen LogP contribution < -0.4 is 0 Å². The molecule has 0 spiro atoms. The van der Waals surface area contributed by atoms with Gasteiger partial charge in [0, 0.05) is 11.3 Å². The third-order valence-electron chi connectivity index (χ3n) is 5.94. The van der Waals surface area contributed by atoms with Crippen LogP contribution in [0.1, 0.15) is 30.4 Å². The van der Waals surface area contributed by atoms with E-state index in [1.54, 1.807) is 0 Å². The van der Waals surface area contributed by atoms with E-state index < -0.39 is 0 Å². The van der Waals surface area contributed by atoms with Gasteiger partial charge < -0.3 is 9.47 Å². The fourth-order valence-electron chi connectivity index (χ4n) is 5.10. The SMILES string of the molecule is C1=CC23C=CCOC2(CC1)c1ccccc1C1=COCCC13. The molecule has 0 saturated heterocycles. The van der Waals surface area contributed by atoms with Gasteiger partial charge in [0.2, 0.25) is 0 Å². The quantitative estimate of drug-likeness (QED) is 0.667. The Morgan fingerprint density at radius 1 is 1.09 bits per heavy atom. The molecule has 2 heteroatoms. The van der Waals surface area contributed by atoms with Crippen LogP contribution in [0, 0.1) is 11.3 Å². The molecule has 0 aromatic heterocycles. The molecule has 1 aromatic carbocycles. The summed E-state index contributed by atoms with van der Waals surface area (Å²) in [5, 5.41) is 0. The van der Waals surface area contributed by atoms with Crippen molar-refractivity contribution < 1.29 is 9.47 Å². The van der Waals surface area contributed by atoms with Crippen molar-refractivity contribution >= 4 is 5.57 Å². The molecule has 0 amide bonds. The van der Waals surface area contributed by atoms with Crippen molar-refractivity contribution in [3.63, 3.8) is 0 Å². The molecule has 0 N–H and O–H groups in total. The van der Waals surface area contributed by atoms with E-state index in [2.05, 4.69) is 48.6 Å². The van der Waals surface area contributed by atoms with Crippen LogP contribution in [0.15, 0.2) is 54.8 Å². The molecule has 22 heavy (non-hydrogen) atoms. The summed E-state index contributed by atoms with van der Waals surface area (Å²) in [5.41, 5.74) is 3.77. The van der Waals surface area contributed by atoms with Crippen molar-refractivity contribution in [3.05, 3.63) is 66.0 Å². The van der Waals surface area contributed by atoms with Crippen LogP contribution in [0.3, 0.4) is 0 Å². The molecule has 2 nitrogen and oxygen atoms in total. The van der Waals surface area contributed by atoms with Crippen molar-refractivity contribution in [2.75, 3.05) is 13.2 Å². The van der Waals surface area contributed by atoms with Crippen molar-refractivity contribution in [2.45, 2.75) is 24.9 Å². The van der Waals surface area contributed by atoms with Gasteiger partial charge in [-0.3, -0.25) is 0 Å². The molecule has 4 aliphatic rings. The summed E-state index contributed by atoms with van der Waals surface area (Å²) >= 11 is 0. The first-order valence-electron chi connectivity index (χ1n) is 8.28. The van der Waals surface area contributed by atoms with Gasteiger partial charge in [0.15, 0.2) is 0 Å². The lowest BCUT2D eigenvalue weighted by atomic mass is 9.50. The topological polar surface area (TPSA) is 18.5 Å². The van der Waals surface area contributed by atoms with E-state index >= 15 is 0 Å². The van der Waals surface area contributed by atoms with Gasteiger partial charge >= 0.3 is 0 Å². The Kier molecular flexibility index (Phi) is 2.52. The van der Waals surface area contributed by atoms with E-state index in [1.807, 2.05) is 6.26 Å². The molecule has 0 bridgehead atoms. The van der Waals surface area contributed by atoms with Gasteiger partial charge in [-0.25, -0.2) is 0 Å². The maximum absolute atomic E-state index is 6.53. The minimum atomic E-state index is -0.202. The van der Waals surface area contributed by atoms with Gasteiger partial charge in [-0.1, -0.05) is 48.6 Å². The first kappa shape index (κ1) is 12.7. The summed E-state index contributed by atoms with van der Waals surface area (Å²) in [6.45, 7) is 1.52. The highest BCUT2D eigenvalue weighted by Gasteiger charge is 2.61. The standard InChI is InChI=1S/C20H20O2/c1-2-7-18-15(6-1)16-14-21-13-8-17(16)19-9-3-4-11-20(18,19)22-12-5-10-19/h1-3,5-7,9-10,14,17H,4,8,11-13H2. The Bertz CT molecular complexity index is 692. The monoisotopic (exact) mass is 292 g/mol. The van der Waals surface area contributed by atoms with E-state index in [1.165, 1.54) is 16.7 Å². The van der Waals surface area contributed by atoms with Gasteiger partial charge in [-0.05, 0) is 36.0 Å². The van der Waals surface area contributed by atoms with E-state index in [4.69, 9.17) is 9.47 Å². The molecule has 3 atom stereocenters. The zero-order valence-electron chi connectivity index (χ0n) is 12.6. The van der Waals surface area contributed by atoms with Crippen molar-refractivity contribution in [2.24, 2.45) is 11.3 Å². The number of hydrogen-bond acceptors (Lipinski definition) is 2. The zero-order valence-corrected chi connectivity index (χ0v) is 12.6. The van der Waals surface area contributed by atoms with E-state index in [-0.39, 0.29) is 11.0 Å². The van der Waals surface area contributed by atoms with Crippen molar-refractivity contribution in [1.82, 2.24) is 0 Å². The number of hydrogen-bond donors (Lipinski definition) is 0. The van der Waals surface area contributed by atoms with E-state index in [9.17, 15) is 0 Å². The Morgan fingerprint density at radius 3 is 3.00 bits per heavy atom. The van der Waals surface area contributed by atoms with Crippen molar-refractivity contribution in [1.29, 1.82) is 0 Å². The van der Waals surface area contributed by atoms with Crippen molar-refractivity contribution in [3.8, 4) is 0 Å². The largest absolute Gasteiger partial charge is 0.501 e. The van der Waals surface area contributed by atoms with Crippen LogP contribution in [0.4, 0.5) is 0 Å². The second-order valence-electron chi connectivity index (χ2n) is 6.75. The fraction of sp³-hybridized carbons (Fsp3) is 0.400. The van der Waals surface area contributed by atoms with Gasteiger partial charge in [0.1, 0.15) is 5.60 Å². The average Bonchev–Trinajstić information content (AvgIpc) is 2.61. The normalized spacial score (nSPS) is 38.0. The third-order valence-corrected chi connectivity index (χ3v) is 5.94. The van der Waals surface area contributed by atoms with Gasteiger partial charge in [0.25, 0.3) is 0 Å². The lowest BCUT2D eigenvalue weighted by molar-refractivity contribution is -0.135. The Hall–Kier alpha value is -1.80. The molecule has 2 aliphatic heterocycles. The maximum Gasteiger partial charge on any atom is 0.107 e.